The van der Waals surface area contributed by atoms with Crippen LogP contribution in [-0.4, -0.2) is 28.9 Å². The highest BCUT2D eigenvalue weighted by molar-refractivity contribution is 5.85. The van der Waals surface area contributed by atoms with E-state index in [-0.39, 0.29) is 24.4 Å². The van der Waals surface area contributed by atoms with E-state index in [1.165, 1.54) is 25.7 Å². The standard InChI is InChI=1S/C12H22N2O.ClH/c1-8(13)7-12(15)14(11-5-6-11)9(2)10-3-4-10;/h8-11H,3-7,13H2,1-2H3;1H. The third kappa shape index (κ3) is 3.36. The van der Waals surface area contributed by atoms with Gasteiger partial charge in [-0.1, -0.05) is 0 Å². The van der Waals surface area contributed by atoms with Crippen molar-refractivity contribution >= 4 is 18.3 Å². The van der Waals surface area contributed by atoms with Gasteiger partial charge in [0.25, 0.3) is 0 Å². The molecule has 0 radical (unpaired) electrons. The molecular formula is C12H23ClN2O. The maximum atomic E-state index is 12.1. The van der Waals surface area contributed by atoms with Crippen LogP contribution in [0.2, 0.25) is 0 Å². The first-order valence-electron chi connectivity index (χ1n) is 6.16. The van der Waals surface area contributed by atoms with Gasteiger partial charge in [-0.3, -0.25) is 4.79 Å². The van der Waals surface area contributed by atoms with Crippen LogP contribution in [0.4, 0.5) is 0 Å². The maximum Gasteiger partial charge on any atom is 0.224 e. The topological polar surface area (TPSA) is 46.3 Å². The molecule has 0 aliphatic heterocycles. The maximum absolute atomic E-state index is 12.1. The van der Waals surface area contributed by atoms with E-state index in [1.807, 2.05) is 6.92 Å². The minimum absolute atomic E-state index is 0. The quantitative estimate of drug-likeness (QED) is 0.806. The summed E-state index contributed by atoms with van der Waals surface area (Å²) in [7, 11) is 0. The number of hydrogen-bond donors (Lipinski definition) is 1. The third-order valence-corrected chi connectivity index (χ3v) is 3.47. The zero-order valence-corrected chi connectivity index (χ0v) is 11.0. The number of halogens is 1. The molecule has 0 heterocycles. The van der Waals surface area contributed by atoms with Gasteiger partial charge in [0.2, 0.25) is 5.91 Å². The van der Waals surface area contributed by atoms with Crippen molar-refractivity contribution in [2.45, 2.75) is 64.1 Å². The lowest BCUT2D eigenvalue weighted by molar-refractivity contribution is -0.134. The number of rotatable bonds is 5. The van der Waals surface area contributed by atoms with E-state index in [4.69, 9.17) is 5.73 Å². The molecule has 2 aliphatic rings. The average Bonchev–Trinajstić information content (AvgIpc) is 2.99. The summed E-state index contributed by atoms with van der Waals surface area (Å²) >= 11 is 0. The zero-order chi connectivity index (χ0) is 11.0. The van der Waals surface area contributed by atoms with Crippen LogP contribution in [0.15, 0.2) is 0 Å². The molecule has 3 nitrogen and oxygen atoms in total. The third-order valence-electron chi connectivity index (χ3n) is 3.47. The van der Waals surface area contributed by atoms with Gasteiger partial charge in [0, 0.05) is 24.5 Å². The van der Waals surface area contributed by atoms with Crippen molar-refractivity contribution in [3.05, 3.63) is 0 Å². The van der Waals surface area contributed by atoms with Crippen LogP contribution in [0.5, 0.6) is 0 Å². The molecule has 1 amide bonds. The van der Waals surface area contributed by atoms with Crippen LogP contribution in [0.1, 0.15) is 46.0 Å². The van der Waals surface area contributed by atoms with Crippen molar-refractivity contribution in [2.75, 3.05) is 0 Å². The summed E-state index contributed by atoms with van der Waals surface area (Å²) < 4.78 is 0. The van der Waals surface area contributed by atoms with Gasteiger partial charge < -0.3 is 10.6 Å². The molecule has 2 saturated carbocycles. The number of nitrogens with two attached hydrogens (primary N) is 1. The number of carbonyl (C=O) groups is 1. The van der Waals surface area contributed by atoms with Crippen LogP contribution in [-0.2, 0) is 4.79 Å². The van der Waals surface area contributed by atoms with Gasteiger partial charge in [-0.25, -0.2) is 0 Å². The molecule has 4 heteroatoms. The summed E-state index contributed by atoms with van der Waals surface area (Å²) in [6.07, 6.45) is 5.50. The highest BCUT2D eigenvalue weighted by Crippen LogP contribution is 2.39. The Morgan fingerprint density at radius 1 is 1.31 bits per heavy atom. The summed E-state index contributed by atoms with van der Waals surface area (Å²) in [4.78, 5) is 14.2. The van der Waals surface area contributed by atoms with Crippen LogP contribution in [0.3, 0.4) is 0 Å². The molecule has 0 bridgehead atoms. The van der Waals surface area contributed by atoms with Crippen LogP contribution < -0.4 is 5.73 Å². The van der Waals surface area contributed by atoms with E-state index in [0.717, 1.165) is 5.92 Å². The Morgan fingerprint density at radius 2 is 1.88 bits per heavy atom. The molecule has 2 atom stereocenters. The first-order valence-corrected chi connectivity index (χ1v) is 6.16. The van der Waals surface area contributed by atoms with Crippen molar-refractivity contribution in [1.29, 1.82) is 0 Å². The first-order chi connectivity index (χ1) is 7.09. The van der Waals surface area contributed by atoms with Crippen molar-refractivity contribution < 1.29 is 4.79 Å². The van der Waals surface area contributed by atoms with Gasteiger partial charge in [0.1, 0.15) is 0 Å². The predicted octanol–water partition coefficient (Wildman–Crippen LogP) is 1.93. The lowest BCUT2D eigenvalue weighted by atomic mass is 10.1. The van der Waals surface area contributed by atoms with Crippen molar-refractivity contribution in [3.63, 3.8) is 0 Å². The Bertz CT molecular complexity index is 249. The van der Waals surface area contributed by atoms with E-state index in [0.29, 0.717) is 18.5 Å². The number of carbonyl (C=O) groups excluding carboxylic acids is 1. The molecular weight excluding hydrogens is 224 g/mol. The average molecular weight is 247 g/mol. The van der Waals surface area contributed by atoms with E-state index in [1.54, 1.807) is 0 Å². The number of nitrogens with zero attached hydrogens (tertiary/aromatic N) is 1. The molecule has 0 spiro atoms. The van der Waals surface area contributed by atoms with Gasteiger partial charge in [0.15, 0.2) is 0 Å². The summed E-state index contributed by atoms with van der Waals surface area (Å²) in [5, 5.41) is 0. The minimum Gasteiger partial charge on any atom is -0.337 e. The second-order valence-corrected chi connectivity index (χ2v) is 5.29. The minimum atomic E-state index is -0.00912. The zero-order valence-electron chi connectivity index (χ0n) is 10.2. The molecule has 0 aromatic heterocycles. The Morgan fingerprint density at radius 3 is 2.25 bits per heavy atom. The predicted molar refractivity (Wildman–Crippen MR) is 67.6 cm³/mol. The van der Waals surface area contributed by atoms with Gasteiger partial charge in [-0.05, 0) is 45.4 Å². The van der Waals surface area contributed by atoms with E-state index < -0.39 is 0 Å². The molecule has 0 aromatic rings. The fraction of sp³-hybridized carbons (Fsp3) is 0.917. The Kier molecular flexibility index (Phi) is 4.62. The lowest BCUT2D eigenvalue weighted by Gasteiger charge is -2.30. The summed E-state index contributed by atoms with van der Waals surface area (Å²) in [5.41, 5.74) is 5.70. The molecule has 2 aliphatic carbocycles. The first kappa shape index (κ1) is 13.8. The Balaban J connectivity index is 0.00000128. The number of hydrogen-bond acceptors (Lipinski definition) is 2. The van der Waals surface area contributed by atoms with Crippen LogP contribution in [0.25, 0.3) is 0 Å². The Hall–Kier alpha value is -0.280. The fourth-order valence-corrected chi connectivity index (χ4v) is 2.30. The van der Waals surface area contributed by atoms with Gasteiger partial charge in [-0.2, -0.15) is 0 Å². The lowest BCUT2D eigenvalue weighted by Crippen LogP contribution is -2.43. The second-order valence-electron chi connectivity index (χ2n) is 5.29. The monoisotopic (exact) mass is 246 g/mol. The normalized spacial score (nSPS) is 23.2. The largest absolute Gasteiger partial charge is 0.337 e. The molecule has 94 valence electrons. The summed E-state index contributed by atoms with van der Waals surface area (Å²) in [6.45, 7) is 4.11. The molecule has 0 saturated heterocycles. The molecule has 2 fully saturated rings. The molecule has 16 heavy (non-hydrogen) atoms. The van der Waals surface area contributed by atoms with Gasteiger partial charge in [-0.15, -0.1) is 12.4 Å². The highest BCUT2D eigenvalue weighted by atomic mass is 35.5. The molecule has 2 unspecified atom stereocenters. The number of amides is 1. The van der Waals surface area contributed by atoms with Crippen molar-refractivity contribution in [3.8, 4) is 0 Å². The van der Waals surface area contributed by atoms with Crippen molar-refractivity contribution in [1.82, 2.24) is 4.90 Å². The van der Waals surface area contributed by atoms with Crippen LogP contribution >= 0.6 is 12.4 Å². The summed E-state index contributed by atoms with van der Waals surface area (Å²) in [6, 6.07) is 0.973. The smallest absolute Gasteiger partial charge is 0.224 e. The Labute approximate surface area is 104 Å². The highest BCUT2D eigenvalue weighted by Gasteiger charge is 2.41. The van der Waals surface area contributed by atoms with Crippen LogP contribution in [0, 0.1) is 5.92 Å². The second kappa shape index (κ2) is 5.37. The molecule has 0 aromatic carbocycles. The summed E-state index contributed by atoms with van der Waals surface area (Å²) in [5.74, 6) is 1.04. The van der Waals surface area contributed by atoms with E-state index >= 15 is 0 Å². The van der Waals surface area contributed by atoms with Gasteiger partial charge >= 0.3 is 0 Å². The fourth-order valence-electron chi connectivity index (χ4n) is 2.30. The van der Waals surface area contributed by atoms with Crippen molar-refractivity contribution in [2.24, 2.45) is 11.7 Å². The molecule has 2 N–H and O–H groups in total. The van der Waals surface area contributed by atoms with E-state index in [2.05, 4.69) is 11.8 Å². The molecule has 2 rings (SSSR count). The van der Waals surface area contributed by atoms with Gasteiger partial charge in [0.05, 0.1) is 0 Å². The van der Waals surface area contributed by atoms with E-state index in [9.17, 15) is 4.79 Å². The SMILES string of the molecule is CC(N)CC(=O)N(C1CC1)C(C)C1CC1.Cl.